The van der Waals surface area contributed by atoms with Crippen molar-refractivity contribution in [2.75, 3.05) is 13.8 Å². The summed E-state index contributed by atoms with van der Waals surface area (Å²) in [5.74, 6) is 2.41. The zero-order valence-electron chi connectivity index (χ0n) is 17.6. The molecule has 0 N–H and O–H groups in total. The summed E-state index contributed by atoms with van der Waals surface area (Å²) in [6, 6.07) is 19.7. The van der Waals surface area contributed by atoms with Gasteiger partial charge in [-0.1, -0.05) is 42.5 Å². The van der Waals surface area contributed by atoms with Crippen LogP contribution >= 0.6 is 0 Å². The first-order chi connectivity index (χ1) is 15.1. The monoisotopic (exact) mass is 413 g/mol. The quantitative estimate of drug-likeness (QED) is 0.565. The van der Waals surface area contributed by atoms with Gasteiger partial charge in [0.2, 0.25) is 5.78 Å². The van der Waals surface area contributed by atoms with E-state index >= 15 is 0 Å². The van der Waals surface area contributed by atoms with Gasteiger partial charge in [0, 0.05) is 24.2 Å². The summed E-state index contributed by atoms with van der Waals surface area (Å²) in [5.41, 5.74) is 4.60. The number of carbonyl (C=O) groups excluding carboxylic acids is 1. The van der Waals surface area contributed by atoms with E-state index in [1.807, 2.05) is 55.5 Å². The van der Waals surface area contributed by atoms with Crippen molar-refractivity contribution in [3.63, 3.8) is 0 Å². The number of rotatable bonds is 4. The number of hydrogen-bond acceptors (Lipinski definition) is 5. The Kier molecular flexibility index (Phi) is 4.96. The lowest BCUT2D eigenvalue weighted by molar-refractivity contribution is 0.0876. The van der Waals surface area contributed by atoms with Gasteiger partial charge in [-0.05, 0) is 42.3 Å². The number of benzene rings is 3. The maximum Gasteiger partial charge on any atom is 0.231 e. The SMILES string of the molecule is COc1ccc(/C=C2\Oc3c(cc4c(c3C)OCN(Cc3ccccc3)C4)C2=O)cc1. The van der Waals surface area contributed by atoms with Crippen LogP contribution in [-0.4, -0.2) is 24.5 Å². The van der Waals surface area contributed by atoms with Crippen molar-refractivity contribution in [3.8, 4) is 17.2 Å². The Hall–Kier alpha value is -3.57. The van der Waals surface area contributed by atoms with Crippen molar-refractivity contribution in [2.24, 2.45) is 0 Å². The normalized spacial score (nSPS) is 16.5. The Bertz CT molecular complexity index is 1170. The molecule has 3 aromatic carbocycles. The highest BCUT2D eigenvalue weighted by atomic mass is 16.5. The molecule has 0 atom stereocenters. The van der Waals surface area contributed by atoms with E-state index in [0.29, 0.717) is 23.8 Å². The van der Waals surface area contributed by atoms with Crippen LogP contribution in [0, 0.1) is 6.92 Å². The molecule has 0 amide bonds. The molecule has 31 heavy (non-hydrogen) atoms. The van der Waals surface area contributed by atoms with Crippen molar-refractivity contribution in [2.45, 2.75) is 20.0 Å². The van der Waals surface area contributed by atoms with Gasteiger partial charge in [0.25, 0.3) is 0 Å². The third kappa shape index (κ3) is 3.68. The lowest BCUT2D eigenvalue weighted by atomic mass is 10.00. The molecule has 0 radical (unpaired) electrons. The minimum atomic E-state index is -0.100. The summed E-state index contributed by atoms with van der Waals surface area (Å²) < 4.78 is 17.3. The van der Waals surface area contributed by atoms with Crippen molar-refractivity contribution < 1.29 is 19.0 Å². The molecule has 0 unspecified atom stereocenters. The number of Topliss-reactive ketones (excluding diaryl/α,β-unsaturated/α-hetero) is 1. The lowest BCUT2D eigenvalue weighted by Crippen LogP contribution is -2.32. The number of ether oxygens (including phenoxy) is 3. The van der Waals surface area contributed by atoms with Gasteiger partial charge in [-0.15, -0.1) is 0 Å². The number of ketones is 1. The van der Waals surface area contributed by atoms with Crippen LogP contribution in [0.5, 0.6) is 17.2 Å². The van der Waals surface area contributed by atoms with Gasteiger partial charge >= 0.3 is 0 Å². The van der Waals surface area contributed by atoms with E-state index in [2.05, 4.69) is 17.0 Å². The summed E-state index contributed by atoms with van der Waals surface area (Å²) in [6.07, 6.45) is 1.77. The fourth-order valence-electron chi connectivity index (χ4n) is 4.09. The molecule has 0 aromatic heterocycles. The highest BCUT2D eigenvalue weighted by molar-refractivity contribution is 6.15. The third-order valence-corrected chi connectivity index (χ3v) is 5.66. The second kappa shape index (κ2) is 7.93. The van der Waals surface area contributed by atoms with E-state index in [1.165, 1.54) is 5.56 Å². The first-order valence-electron chi connectivity index (χ1n) is 10.3. The Morgan fingerprint density at radius 1 is 1.06 bits per heavy atom. The van der Waals surface area contributed by atoms with Crippen molar-refractivity contribution in [1.82, 2.24) is 4.90 Å². The Morgan fingerprint density at radius 2 is 1.84 bits per heavy atom. The highest BCUT2D eigenvalue weighted by Gasteiger charge is 2.33. The maximum absolute atomic E-state index is 13.1. The largest absolute Gasteiger partial charge is 0.497 e. The van der Waals surface area contributed by atoms with Crippen molar-refractivity contribution in [3.05, 3.63) is 94.2 Å². The number of methoxy groups -OCH3 is 1. The van der Waals surface area contributed by atoms with Crippen LogP contribution in [0.2, 0.25) is 0 Å². The molecule has 2 heterocycles. The van der Waals surface area contributed by atoms with Crippen LogP contribution < -0.4 is 14.2 Å². The van der Waals surface area contributed by atoms with Gasteiger partial charge < -0.3 is 14.2 Å². The van der Waals surface area contributed by atoms with E-state index < -0.39 is 0 Å². The molecule has 0 bridgehead atoms. The summed E-state index contributed by atoms with van der Waals surface area (Å²) in [5, 5.41) is 0. The molecule has 0 spiro atoms. The Morgan fingerprint density at radius 3 is 2.58 bits per heavy atom. The van der Waals surface area contributed by atoms with Crippen molar-refractivity contribution >= 4 is 11.9 Å². The predicted molar refractivity (Wildman–Crippen MR) is 118 cm³/mol. The summed E-state index contributed by atoms with van der Waals surface area (Å²) >= 11 is 0. The number of carbonyl (C=O) groups is 1. The van der Waals surface area contributed by atoms with E-state index in [9.17, 15) is 4.79 Å². The molecule has 5 rings (SSSR count). The van der Waals surface area contributed by atoms with Gasteiger partial charge in [-0.2, -0.15) is 0 Å². The van der Waals surface area contributed by atoms with Crippen LogP contribution in [0.4, 0.5) is 0 Å². The number of hydrogen-bond donors (Lipinski definition) is 0. The predicted octanol–water partition coefficient (Wildman–Crippen LogP) is 4.97. The molecule has 5 heteroatoms. The van der Waals surface area contributed by atoms with Crippen LogP contribution in [-0.2, 0) is 13.1 Å². The van der Waals surface area contributed by atoms with Crippen molar-refractivity contribution in [1.29, 1.82) is 0 Å². The highest BCUT2D eigenvalue weighted by Crippen LogP contribution is 2.43. The molecule has 156 valence electrons. The zero-order chi connectivity index (χ0) is 21.4. The fraction of sp³-hybridized carbons (Fsp3) is 0.192. The number of nitrogens with zero attached hydrogens (tertiary/aromatic N) is 1. The minimum Gasteiger partial charge on any atom is -0.497 e. The molecule has 0 saturated carbocycles. The first kappa shape index (κ1) is 19.4. The second-order valence-corrected chi connectivity index (χ2v) is 7.83. The minimum absolute atomic E-state index is 0.100. The van der Waals surface area contributed by atoms with Gasteiger partial charge in [-0.25, -0.2) is 0 Å². The molecule has 0 aliphatic carbocycles. The van der Waals surface area contributed by atoms with E-state index in [-0.39, 0.29) is 5.78 Å². The standard InChI is InChI=1S/C26H23NO4/c1-17-25-20(15-27(16-30-25)14-19-6-4-3-5-7-19)13-22-24(28)23(31-26(17)22)12-18-8-10-21(29-2)11-9-18/h3-13H,14-16H2,1-2H3/b23-12-. The van der Waals surface area contributed by atoms with E-state index in [4.69, 9.17) is 14.2 Å². The van der Waals surface area contributed by atoms with Gasteiger partial charge in [0.05, 0.1) is 12.7 Å². The summed E-state index contributed by atoms with van der Waals surface area (Å²) in [6.45, 7) is 3.98. The first-order valence-corrected chi connectivity index (χ1v) is 10.3. The average Bonchev–Trinajstić information content (AvgIpc) is 3.11. The van der Waals surface area contributed by atoms with Gasteiger partial charge in [0.1, 0.15) is 24.0 Å². The van der Waals surface area contributed by atoms with Gasteiger partial charge in [-0.3, -0.25) is 9.69 Å². The second-order valence-electron chi connectivity index (χ2n) is 7.83. The molecular formula is C26H23NO4. The smallest absolute Gasteiger partial charge is 0.231 e. The third-order valence-electron chi connectivity index (χ3n) is 5.66. The summed E-state index contributed by atoms with van der Waals surface area (Å²) in [4.78, 5) is 15.3. The van der Waals surface area contributed by atoms with E-state index in [0.717, 1.165) is 41.3 Å². The molecule has 0 fully saturated rings. The Balaban J connectivity index is 1.41. The fourth-order valence-corrected chi connectivity index (χ4v) is 4.09. The molecule has 3 aromatic rings. The van der Waals surface area contributed by atoms with Crippen LogP contribution in [0.1, 0.15) is 32.6 Å². The maximum atomic E-state index is 13.1. The zero-order valence-corrected chi connectivity index (χ0v) is 17.6. The van der Waals surface area contributed by atoms with Crippen LogP contribution in [0.15, 0.2) is 66.4 Å². The molecule has 5 nitrogen and oxygen atoms in total. The average molecular weight is 413 g/mol. The Labute approximate surface area is 181 Å². The van der Waals surface area contributed by atoms with Crippen LogP contribution in [0.25, 0.3) is 6.08 Å². The topological polar surface area (TPSA) is 48.0 Å². The number of allylic oxidation sites excluding steroid dienone is 1. The lowest BCUT2D eigenvalue weighted by Gasteiger charge is -2.30. The number of fused-ring (bicyclic) bond motifs is 2. The molecule has 0 saturated heterocycles. The molecular weight excluding hydrogens is 390 g/mol. The van der Waals surface area contributed by atoms with Crippen LogP contribution in [0.3, 0.4) is 0 Å². The summed E-state index contributed by atoms with van der Waals surface area (Å²) in [7, 11) is 1.63. The van der Waals surface area contributed by atoms with Gasteiger partial charge in [0.15, 0.2) is 5.76 Å². The molecule has 2 aliphatic rings. The van der Waals surface area contributed by atoms with E-state index in [1.54, 1.807) is 13.2 Å². The molecule has 2 aliphatic heterocycles.